The van der Waals surface area contributed by atoms with Crippen molar-refractivity contribution < 1.29 is 9.90 Å². The number of amides is 1. The lowest BCUT2D eigenvalue weighted by Crippen LogP contribution is -2.13. The van der Waals surface area contributed by atoms with E-state index in [2.05, 4.69) is 10.3 Å². The van der Waals surface area contributed by atoms with Crippen LogP contribution in [0.3, 0.4) is 0 Å². The second-order valence-corrected chi connectivity index (χ2v) is 5.07. The maximum atomic E-state index is 12.0. The van der Waals surface area contributed by atoms with E-state index in [0.29, 0.717) is 16.3 Å². The number of carbonyl (C=O) groups excluding carboxylic acids is 1. The number of carbonyl (C=O) groups is 1. The molecule has 0 unspecified atom stereocenters. The number of aromatic hydroxyl groups is 1. The molecule has 0 fully saturated rings. The van der Waals surface area contributed by atoms with Gasteiger partial charge in [0, 0.05) is 14.8 Å². The fourth-order valence-electron chi connectivity index (χ4n) is 1.36. The summed E-state index contributed by atoms with van der Waals surface area (Å²) in [6, 6.07) is 6.50. The number of benzene rings is 1. The molecule has 4 nitrogen and oxygen atoms in total. The number of nitrogens with one attached hydrogen (secondary N) is 1. The first-order valence-electron chi connectivity index (χ1n) is 4.97. The topological polar surface area (TPSA) is 62.2 Å². The Morgan fingerprint density at radius 3 is 2.83 bits per heavy atom. The fraction of sp³-hybridized carbons (Fsp3) is 0. The first-order valence-corrected chi connectivity index (χ1v) is 6.43. The van der Waals surface area contributed by atoms with Gasteiger partial charge in [-0.1, -0.05) is 11.6 Å². The predicted molar refractivity (Wildman–Crippen MR) is 78.0 cm³/mol. The number of rotatable bonds is 2. The minimum absolute atomic E-state index is 0.0742. The van der Waals surface area contributed by atoms with Crippen molar-refractivity contribution in [3.05, 3.63) is 50.8 Å². The molecule has 0 aliphatic carbocycles. The van der Waals surface area contributed by atoms with Gasteiger partial charge < -0.3 is 10.4 Å². The number of halogens is 2. The highest BCUT2D eigenvalue weighted by atomic mass is 127. The zero-order valence-corrected chi connectivity index (χ0v) is 11.9. The van der Waals surface area contributed by atoms with Crippen LogP contribution in [0.1, 0.15) is 10.4 Å². The van der Waals surface area contributed by atoms with Gasteiger partial charge in [0.25, 0.3) is 5.91 Å². The molecule has 0 aliphatic rings. The van der Waals surface area contributed by atoms with Gasteiger partial charge in [-0.3, -0.25) is 9.78 Å². The summed E-state index contributed by atoms with van der Waals surface area (Å²) >= 11 is 7.85. The SMILES string of the molecule is O=C(Nc1ccncc1O)c1ccc(Cl)cc1I. The molecule has 0 radical (unpaired) electrons. The maximum absolute atomic E-state index is 12.0. The standard InChI is InChI=1S/C12H8ClIN2O2/c13-7-1-2-8(9(14)5-7)12(18)16-10-3-4-15-6-11(10)17/h1-6,17H,(H,15,16,18). The molecule has 1 aromatic heterocycles. The van der Waals surface area contributed by atoms with Crippen molar-refractivity contribution in [2.24, 2.45) is 0 Å². The molecule has 6 heteroatoms. The smallest absolute Gasteiger partial charge is 0.256 e. The Kier molecular flexibility index (Phi) is 4.03. The third-order valence-electron chi connectivity index (χ3n) is 2.22. The molecule has 0 aliphatic heterocycles. The van der Waals surface area contributed by atoms with E-state index in [1.165, 1.54) is 18.5 Å². The summed E-state index contributed by atoms with van der Waals surface area (Å²) in [5.74, 6) is -0.382. The minimum atomic E-state index is -0.308. The van der Waals surface area contributed by atoms with E-state index < -0.39 is 0 Å². The highest BCUT2D eigenvalue weighted by molar-refractivity contribution is 14.1. The molecule has 2 rings (SSSR count). The van der Waals surface area contributed by atoms with E-state index >= 15 is 0 Å². The number of nitrogens with zero attached hydrogens (tertiary/aromatic N) is 1. The summed E-state index contributed by atoms with van der Waals surface area (Å²) in [6.45, 7) is 0. The number of pyridine rings is 1. The lowest BCUT2D eigenvalue weighted by Gasteiger charge is -2.08. The quantitative estimate of drug-likeness (QED) is 0.793. The summed E-state index contributed by atoms with van der Waals surface area (Å²) in [4.78, 5) is 15.7. The van der Waals surface area contributed by atoms with Crippen LogP contribution in [-0.4, -0.2) is 16.0 Å². The van der Waals surface area contributed by atoms with Crippen LogP contribution in [0.4, 0.5) is 5.69 Å². The third kappa shape index (κ3) is 2.91. The fourth-order valence-corrected chi connectivity index (χ4v) is 2.47. The molecule has 2 N–H and O–H groups in total. The van der Waals surface area contributed by atoms with Crippen LogP contribution >= 0.6 is 34.2 Å². The van der Waals surface area contributed by atoms with Gasteiger partial charge in [0.15, 0.2) is 5.75 Å². The number of hydrogen-bond donors (Lipinski definition) is 2. The molecule has 0 saturated heterocycles. The summed E-state index contributed by atoms with van der Waals surface area (Å²) in [5, 5.41) is 12.7. The van der Waals surface area contributed by atoms with Crippen molar-refractivity contribution in [1.29, 1.82) is 0 Å². The van der Waals surface area contributed by atoms with Crippen LogP contribution in [-0.2, 0) is 0 Å². The number of anilines is 1. The second-order valence-electron chi connectivity index (χ2n) is 3.47. The first-order chi connectivity index (χ1) is 8.58. The molecular weight excluding hydrogens is 367 g/mol. The molecule has 92 valence electrons. The Hall–Kier alpha value is -1.34. The van der Waals surface area contributed by atoms with E-state index in [-0.39, 0.29) is 11.7 Å². The lowest BCUT2D eigenvalue weighted by atomic mass is 10.2. The van der Waals surface area contributed by atoms with Gasteiger partial charge in [0.05, 0.1) is 17.4 Å². The highest BCUT2D eigenvalue weighted by Crippen LogP contribution is 2.23. The molecule has 1 amide bonds. The molecule has 2 aromatic rings. The summed E-state index contributed by atoms with van der Waals surface area (Å²) in [6.07, 6.45) is 2.75. The van der Waals surface area contributed by atoms with Gasteiger partial charge in [0.2, 0.25) is 0 Å². The van der Waals surface area contributed by atoms with Crippen LogP contribution in [0.2, 0.25) is 5.02 Å². The van der Waals surface area contributed by atoms with Crippen LogP contribution in [0.5, 0.6) is 5.75 Å². The summed E-state index contributed by atoms with van der Waals surface area (Å²) < 4.78 is 0.742. The highest BCUT2D eigenvalue weighted by Gasteiger charge is 2.12. The largest absolute Gasteiger partial charge is 0.504 e. The van der Waals surface area contributed by atoms with Crippen molar-refractivity contribution in [2.75, 3.05) is 5.32 Å². The van der Waals surface area contributed by atoms with Crippen LogP contribution in [0, 0.1) is 3.57 Å². The second kappa shape index (κ2) is 5.53. The first kappa shape index (κ1) is 13.1. The average Bonchev–Trinajstić information content (AvgIpc) is 2.32. The van der Waals surface area contributed by atoms with Crippen LogP contribution < -0.4 is 5.32 Å². The lowest BCUT2D eigenvalue weighted by molar-refractivity contribution is 0.102. The molecule has 0 saturated carbocycles. The van der Waals surface area contributed by atoms with Gasteiger partial charge in [-0.25, -0.2) is 0 Å². The van der Waals surface area contributed by atoms with Crippen molar-refractivity contribution >= 4 is 45.8 Å². The zero-order valence-electron chi connectivity index (χ0n) is 9.02. The number of aromatic nitrogens is 1. The molecule has 18 heavy (non-hydrogen) atoms. The number of hydrogen-bond acceptors (Lipinski definition) is 3. The summed E-state index contributed by atoms with van der Waals surface area (Å²) in [7, 11) is 0. The van der Waals surface area contributed by atoms with E-state index in [0.717, 1.165) is 3.57 Å². The Morgan fingerprint density at radius 1 is 1.39 bits per heavy atom. The van der Waals surface area contributed by atoms with Crippen molar-refractivity contribution in [2.45, 2.75) is 0 Å². The Bertz CT molecular complexity index is 604. The van der Waals surface area contributed by atoms with E-state index in [1.807, 2.05) is 22.6 Å². The van der Waals surface area contributed by atoms with Crippen LogP contribution in [0.25, 0.3) is 0 Å². The predicted octanol–water partition coefficient (Wildman–Crippen LogP) is 3.30. The Morgan fingerprint density at radius 2 is 2.17 bits per heavy atom. The third-order valence-corrected chi connectivity index (χ3v) is 3.35. The minimum Gasteiger partial charge on any atom is -0.504 e. The van der Waals surface area contributed by atoms with E-state index in [4.69, 9.17) is 11.6 Å². The molecule has 0 atom stereocenters. The normalized spacial score (nSPS) is 10.1. The molecule has 0 spiro atoms. The van der Waals surface area contributed by atoms with Crippen molar-refractivity contribution in [3.63, 3.8) is 0 Å². The summed E-state index contributed by atoms with van der Waals surface area (Å²) in [5.41, 5.74) is 0.817. The van der Waals surface area contributed by atoms with Crippen molar-refractivity contribution in [3.8, 4) is 5.75 Å². The average molecular weight is 375 g/mol. The van der Waals surface area contributed by atoms with Crippen LogP contribution in [0.15, 0.2) is 36.7 Å². The zero-order chi connectivity index (χ0) is 13.1. The molecular formula is C12H8ClIN2O2. The van der Waals surface area contributed by atoms with Gasteiger partial charge >= 0.3 is 0 Å². The van der Waals surface area contributed by atoms with E-state index in [1.54, 1.807) is 18.2 Å². The van der Waals surface area contributed by atoms with Gasteiger partial charge in [0.1, 0.15) is 0 Å². The molecule has 1 heterocycles. The van der Waals surface area contributed by atoms with E-state index in [9.17, 15) is 9.90 Å². The monoisotopic (exact) mass is 374 g/mol. The van der Waals surface area contributed by atoms with Gasteiger partial charge in [-0.2, -0.15) is 0 Å². The van der Waals surface area contributed by atoms with Crippen molar-refractivity contribution in [1.82, 2.24) is 4.98 Å². The Labute approximate surface area is 122 Å². The molecule has 0 bridgehead atoms. The van der Waals surface area contributed by atoms with Gasteiger partial charge in [-0.15, -0.1) is 0 Å². The van der Waals surface area contributed by atoms with Gasteiger partial charge in [-0.05, 0) is 46.9 Å². The Balaban J connectivity index is 2.25. The maximum Gasteiger partial charge on any atom is 0.256 e. The molecule has 1 aromatic carbocycles.